The monoisotopic (exact) mass is 344 g/mol. The van der Waals surface area contributed by atoms with E-state index in [4.69, 9.17) is 0 Å². The van der Waals surface area contributed by atoms with Crippen molar-refractivity contribution < 1.29 is 9.90 Å². The number of rotatable bonds is 5. The van der Waals surface area contributed by atoms with Crippen LogP contribution in [0.4, 0.5) is 0 Å². The molecule has 3 rings (SSSR count). The van der Waals surface area contributed by atoms with Crippen LogP contribution in [0.5, 0.6) is 0 Å². The van der Waals surface area contributed by atoms with Crippen LogP contribution in [0, 0.1) is 16.7 Å². The number of carbonyl (C=O) groups excluding carboxylic acids is 1. The molecule has 1 saturated heterocycles. The van der Waals surface area contributed by atoms with Gasteiger partial charge in [-0.15, -0.1) is 0 Å². The van der Waals surface area contributed by atoms with Gasteiger partial charge >= 0.3 is 0 Å². The molecule has 4 heteroatoms. The Labute approximate surface area is 151 Å². The van der Waals surface area contributed by atoms with Crippen molar-refractivity contribution in [3.05, 3.63) is 35.4 Å². The van der Waals surface area contributed by atoms with Crippen molar-refractivity contribution in [3.63, 3.8) is 0 Å². The molecule has 0 radical (unpaired) electrons. The molecule has 25 heavy (non-hydrogen) atoms. The van der Waals surface area contributed by atoms with Crippen molar-refractivity contribution in [3.8, 4) is 0 Å². The number of hydrogen-bond donors (Lipinski definition) is 2. The van der Waals surface area contributed by atoms with Gasteiger partial charge in [0.2, 0.25) is 5.91 Å². The highest BCUT2D eigenvalue weighted by molar-refractivity contribution is 5.84. The lowest BCUT2D eigenvalue weighted by Gasteiger charge is -2.30. The lowest BCUT2D eigenvalue weighted by Crippen LogP contribution is -2.35. The second-order valence-electron chi connectivity index (χ2n) is 8.87. The van der Waals surface area contributed by atoms with Crippen LogP contribution in [0.2, 0.25) is 0 Å². The Kier molecular flexibility index (Phi) is 4.95. The molecule has 1 aromatic carbocycles. The van der Waals surface area contributed by atoms with Crippen LogP contribution in [-0.2, 0) is 17.9 Å². The first kappa shape index (κ1) is 18.4. The van der Waals surface area contributed by atoms with Crippen LogP contribution in [0.15, 0.2) is 24.3 Å². The average molecular weight is 344 g/mol. The average Bonchev–Trinajstić information content (AvgIpc) is 2.98. The number of likely N-dealkylation sites (tertiary alicyclic amines) is 1. The molecule has 1 heterocycles. The molecule has 0 bridgehead atoms. The van der Waals surface area contributed by atoms with Gasteiger partial charge in [-0.25, -0.2) is 0 Å². The number of piperidine rings is 1. The Hall–Kier alpha value is -1.39. The number of nitrogens with one attached hydrogen (secondary N) is 1. The van der Waals surface area contributed by atoms with Gasteiger partial charge in [0.05, 0.1) is 6.10 Å². The fourth-order valence-electron chi connectivity index (χ4n) is 4.34. The Morgan fingerprint density at radius 2 is 1.68 bits per heavy atom. The normalized spacial score (nSPS) is 23.4. The standard InChI is InChI=1S/C21H32N2O2/c1-20(2)18(21(20,3)4)19(25)22-13-15-7-5-6-8-16(15)14-23-11-9-17(24)10-12-23/h5-8,17-18,24H,9-14H2,1-4H3,(H,22,25). The molecule has 0 aromatic heterocycles. The lowest BCUT2D eigenvalue weighted by molar-refractivity contribution is -0.123. The maximum absolute atomic E-state index is 12.6. The second kappa shape index (κ2) is 6.73. The number of hydrogen-bond acceptors (Lipinski definition) is 3. The van der Waals surface area contributed by atoms with E-state index in [0.717, 1.165) is 32.5 Å². The predicted molar refractivity (Wildman–Crippen MR) is 99.9 cm³/mol. The SMILES string of the molecule is CC1(C)C(C(=O)NCc2ccccc2CN2CCC(O)CC2)C1(C)C. The smallest absolute Gasteiger partial charge is 0.224 e. The molecule has 2 aliphatic rings. The van der Waals surface area contributed by atoms with Crippen LogP contribution in [0.1, 0.15) is 51.7 Å². The van der Waals surface area contributed by atoms with E-state index in [9.17, 15) is 9.90 Å². The van der Waals surface area contributed by atoms with Crippen LogP contribution in [-0.4, -0.2) is 35.1 Å². The molecule has 138 valence electrons. The van der Waals surface area contributed by atoms with Crippen molar-refractivity contribution in [1.29, 1.82) is 0 Å². The minimum Gasteiger partial charge on any atom is -0.393 e. The molecule has 1 amide bonds. The van der Waals surface area contributed by atoms with Crippen LogP contribution < -0.4 is 5.32 Å². The summed E-state index contributed by atoms with van der Waals surface area (Å²) in [5.41, 5.74) is 2.61. The van der Waals surface area contributed by atoms with Gasteiger partial charge in [-0.2, -0.15) is 0 Å². The van der Waals surface area contributed by atoms with Gasteiger partial charge in [0, 0.05) is 32.1 Å². The van der Waals surface area contributed by atoms with Crippen molar-refractivity contribution in [2.24, 2.45) is 16.7 Å². The maximum Gasteiger partial charge on any atom is 0.224 e. The topological polar surface area (TPSA) is 52.6 Å². The van der Waals surface area contributed by atoms with E-state index in [1.807, 2.05) is 6.07 Å². The molecule has 2 fully saturated rings. The molecule has 1 aliphatic carbocycles. The maximum atomic E-state index is 12.6. The van der Waals surface area contributed by atoms with E-state index in [-0.39, 0.29) is 28.8 Å². The van der Waals surface area contributed by atoms with Crippen molar-refractivity contribution >= 4 is 5.91 Å². The number of nitrogens with zero attached hydrogens (tertiary/aromatic N) is 1. The van der Waals surface area contributed by atoms with E-state index in [1.54, 1.807) is 0 Å². The molecule has 1 saturated carbocycles. The van der Waals surface area contributed by atoms with Gasteiger partial charge in [-0.1, -0.05) is 52.0 Å². The van der Waals surface area contributed by atoms with Crippen LogP contribution in [0.25, 0.3) is 0 Å². The first-order valence-electron chi connectivity index (χ1n) is 9.48. The summed E-state index contributed by atoms with van der Waals surface area (Å²) in [6.07, 6.45) is 1.56. The summed E-state index contributed by atoms with van der Waals surface area (Å²) in [4.78, 5) is 15.0. The number of benzene rings is 1. The highest BCUT2D eigenvalue weighted by atomic mass is 16.3. The van der Waals surface area contributed by atoms with Crippen LogP contribution >= 0.6 is 0 Å². The summed E-state index contributed by atoms with van der Waals surface area (Å²) in [5, 5.41) is 12.8. The lowest BCUT2D eigenvalue weighted by atomic mass is 10.0. The number of aliphatic hydroxyl groups excluding tert-OH is 1. The van der Waals surface area contributed by atoms with E-state index in [1.165, 1.54) is 11.1 Å². The van der Waals surface area contributed by atoms with Gasteiger partial charge in [0.1, 0.15) is 0 Å². The number of carbonyl (C=O) groups is 1. The van der Waals surface area contributed by atoms with E-state index >= 15 is 0 Å². The minimum atomic E-state index is -0.143. The van der Waals surface area contributed by atoms with Gasteiger partial charge in [-0.3, -0.25) is 9.69 Å². The summed E-state index contributed by atoms with van der Waals surface area (Å²) >= 11 is 0. The van der Waals surface area contributed by atoms with Crippen molar-refractivity contribution in [2.75, 3.05) is 13.1 Å². The molecule has 0 spiro atoms. The summed E-state index contributed by atoms with van der Waals surface area (Å²) in [6.45, 7) is 12.1. The summed E-state index contributed by atoms with van der Waals surface area (Å²) in [5.74, 6) is 0.265. The predicted octanol–water partition coefficient (Wildman–Crippen LogP) is 2.94. The molecule has 4 nitrogen and oxygen atoms in total. The Morgan fingerprint density at radius 3 is 2.24 bits per heavy atom. The largest absolute Gasteiger partial charge is 0.393 e. The first-order chi connectivity index (χ1) is 11.7. The summed E-state index contributed by atoms with van der Waals surface area (Å²) in [6, 6.07) is 8.36. The van der Waals surface area contributed by atoms with Gasteiger partial charge in [0.15, 0.2) is 0 Å². The fourth-order valence-corrected chi connectivity index (χ4v) is 4.34. The quantitative estimate of drug-likeness (QED) is 0.863. The summed E-state index contributed by atoms with van der Waals surface area (Å²) < 4.78 is 0. The van der Waals surface area contributed by atoms with Crippen LogP contribution in [0.3, 0.4) is 0 Å². The first-order valence-corrected chi connectivity index (χ1v) is 9.48. The molecular weight excluding hydrogens is 312 g/mol. The highest BCUT2D eigenvalue weighted by Gasteiger charge is 2.68. The Morgan fingerprint density at radius 1 is 1.12 bits per heavy atom. The zero-order chi connectivity index (χ0) is 18.2. The molecule has 1 aliphatic heterocycles. The fraction of sp³-hybridized carbons (Fsp3) is 0.667. The van der Waals surface area contributed by atoms with Crippen molar-refractivity contribution in [1.82, 2.24) is 10.2 Å². The molecule has 0 unspecified atom stereocenters. The van der Waals surface area contributed by atoms with E-state index in [0.29, 0.717) is 6.54 Å². The third kappa shape index (κ3) is 3.61. The third-order valence-corrected chi connectivity index (χ3v) is 6.81. The second-order valence-corrected chi connectivity index (χ2v) is 8.87. The zero-order valence-electron chi connectivity index (χ0n) is 16.0. The van der Waals surface area contributed by atoms with E-state index in [2.05, 4.69) is 56.1 Å². The minimum absolute atomic E-state index is 0.0746. The highest BCUT2D eigenvalue weighted by Crippen LogP contribution is 2.68. The Bertz CT molecular complexity index is 617. The van der Waals surface area contributed by atoms with Gasteiger partial charge in [0.25, 0.3) is 0 Å². The number of amides is 1. The molecule has 2 N–H and O–H groups in total. The number of aliphatic hydroxyl groups is 1. The van der Waals surface area contributed by atoms with Gasteiger partial charge < -0.3 is 10.4 Å². The molecular formula is C21H32N2O2. The zero-order valence-corrected chi connectivity index (χ0v) is 16.0. The summed E-state index contributed by atoms with van der Waals surface area (Å²) in [7, 11) is 0. The molecule has 1 aromatic rings. The third-order valence-electron chi connectivity index (χ3n) is 6.81. The molecule has 0 atom stereocenters. The van der Waals surface area contributed by atoms with Crippen molar-refractivity contribution in [2.45, 2.75) is 59.7 Å². The van der Waals surface area contributed by atoms with E-state index < -0.39 is 0 Å². The van der Waals surface area contributed by atoms with Gasteiger partial charge in [-0.05, 0) is 34.8 Å². The Balaban J connectivity index is 1.59.